The number of aromatic nitrogens is 5. The number of carbonyl (C=O) groups is 1. The third-order valence-corrected chi connectivity index (χ3v) is 4.35. The summed E-state index contributed by atoms with van der Waals surface area (Å²) in [5.41, 5.74) is 3.26. The molecule has 3 aromatic heterocycles. The summed E-state index contributed by atoms with van der Waals surface area (Å²) in [6.45, 7) is 7.93. The van der Waals surface area contributed by atoms with E-state index >= 15 is 0 Å². The van der Waals surface area contributed by atoms with E-state index in [9.17, 15) is 4.79 Å². The lowest BCUT2D eigenvalue weighted by molar-refractivity contribution is -0.113. The van der Waals surface area contributed by atoms with Gasteiger partial charge in [0.05, 0.1) is 23.8 Å². The van der Waals surface area contributed by atoms with E-state index in [1.54, 1.807) is 12.4 Å². The van der Waals surface area contributed by atoms with Crippen molar-refractivity contribution in [3.05, 3.63) is 35.9 Å². The van der Waals surface area contributed by atoms with E-state index in [2.05, 4.69) is 39.2 Å². The highest BCUT2D eigenvalue weighted by molar-refractivity contribution is 7.99. The summed E-state index contributed by atoms with van der Waals surface area (Å²) < 4.78 is 1.86. The Morgan fingerprint density at radius 3 is 2.60 bits per heavy atom. The number of amides is 1. The summed E-state index contributed by atoms with van der Waals surface area (Å²) >= 11 is 1.32. The van der Waals surface area contributed by atoms with Gasteiger partial charge in [0, 0.05) is 22.8 Å². The molecule has 0 aromatic carbocycles. The predicted molar refractivity (Wildman–Crippen MR) is 98.8 cm³/mol. The Morgan fingerprint density at radius 2 is 1.92 bits per heavy atom. The van der Waals surface area contributed by atoms with Crippen LogP contribution in [0.15, 0.2) is 29.7 Å². The Balaban J connectivity index is 1.65. The lowest BCUT2D eigenvalue weighted by Gasteiger charge is -2.07. The molecule has 0 radical (unpaired) electrons. The zero-order chi connectivity index (χ0) is 18.0. The molecule has 0 aliphatic carbocycles. The summed E-state index contributed by atoms with van der Waals surface area (Å²) in [6.07, 6.45) is 3.41. The van der Waals surface area contributed by atoms with Crippen LogP contribution >= 0.6 is 11.8 Å². The number of hydrogen-bond donors (Lipinski definition) is 1. The number of anilines is 1. The molecule has 1 N–H and O–H groups in total. The van der Waals surface area contributed by atoms with Gasteiger partial charge in [0.1, 0.15) is 0 Å². The molecular formula is C17H20N6OS. The van der Waals surface area contributed by atoms with E-state index in [0.717, 1.165) is 22.4 Å². The zero-order valence-electron chi connectivity index (χ0n) is 14.6. The zero-order valence-corrected chi connectivity index (χ0v) is 15.5. The number of thioether (sulfide) groups is 1. The summed E-state index contributed by atoms with van der Waals surface area (Å²) in [7, 11) is 0. The molecule has 0 fully saturated rings. The van der Waals surface area contributed by atoms with E-state index in [4.69, 9.17) is 0 Å². The minimum Gasteiger partial charge on any atom is -0.324 e. The fourth-order valence-electron chi connectivity index (χ4n) is 2.47. The average Bonchev–Trinajstić information content (AvgIpc) is 2.95. The lowest BCUT2D eigenvalue weighted by atomic mass is 10.3. The molecule has 0 aliphatic rings. The van der Waals surface area contributed by atoms with Gasteiger partial charge in [0.2, 0.25) is 5.91 Å². The van der Waals surface area contributed by atoms with Crippen LogP contribution in [-0.4, -0.2) is 36.4 Å². The largest absolute Gasteiger partial charge is 0.324 e. The normalized spacial score (nSPS) is 11.2. The van der Waals surface area contributed by atoms with Gasteiger partial charge in [-0.3, -0.25) is 4.79 Å². The molecule has 1 amide bonds. The van der Waals surface area contributed by atoms with Gasteiger partial charge in [-0.15, -0.1) is 0 Å². The Bertz CT molecular complexity index is 900. The second-order valence-corrected chi connectivity index (χ2v) is 7.03. The molecule has 130 valence electrons. The maximum absolute atomic E-state index is 12.2. The highest BCUT2D eigenvalue weighted by atomic mass is 32.2. The van der Waals surface area contributed by atoms with Gasteiger partial charge in [-0.2, -0.15) is 5.10 Å². The van der Waals surface area contributed by atoms with Crippen molar-refractivity contribution in [3.8, 4) is 0 Å². The molecule has 8 heteroatoms. The number of pyridine rings is 1. The monoisotopic (exact) mass is 356 g/mol. The van der Waals surface area contributed by atoms with Crippen LogP contribution in [0.5, 0.6) is 0 Å². The molecule has 0 aliphatic heterocycles. The molecule has 0 bridgehead atoms. The predicted octanol–water partition coefficient (Wildman–Crippen LogP) is 3.15. The molecule has 0 atom stereocenters. The Labute approximate surface area is 150 Å². The van der Waals surface area contributed by atoms with Crippen LogP contribution in [-0.2, 0) is 4.79 Å². The van der Waals surface area contributed by atoms with Gasteiger partial charge < -0.3 is 5.32 Å². The molecule has 3 aromatic rings. The van der Waals surface area contributed by atoms with Crippen molar-refractivity contribution in [2.45, 2.75) is 38.9 Å². The summed E-state index contributed by atoms with van der Waals surface area (Å²) in [6, 6.07) is 4.02. The van der Waals surface area contributed by atoms with Crippen molar-refractivity contribution in [2.75, 3.05) is 11.1 Å². The van der Waals surface area contributed by atoms with Crippen LogP contribution in [0.3, 0.4) is 0 Å². The van der Waals surface area contributed by atoms with E-state index < -0.39 is 0 Å². The van der Waals surface area contributed by atoms with Gasteiger partial charge in [0.15, 0.2) is 10.8 Å². The summed E-state index contributed by atoms with van der Waals surface area (Å²) in [4.78, 5) is 25.2. The van der Waals surface area contributed by atoms with Gasteiger partial charge in [0.25, 0.3) is 0 Å². The summed E-state index contributed by atoms with van der Waals surface area (Å²) in [5, 5.41) is 8.70. The number of nitrogens with zero attached hydrogens (tertiary/aromatic N) is 5. The van der Waals surface area contributed by atoms with Gasteiger partial charge in [-0.1, -0.05) is 11.8 Å². The van der Waals surface area contributed by atoms with E-state index in [1.807, 2.05) is 30.7 Å². The minimum absolute atomic E-state index is 0.120. The van der Waals surface area contributed by atoms with Crippen molar-refractivity contribution >= 4 is 34.4 Å². The van der Waals surface area contributed by atoms with Crippen molar-refractivity contribution in [1.29, 1.82) is 0 Å². The van der Waals surface area contributed by atoms with Crippen molar-refractivity contribution in [1.82, 2.24) is 24.7 Å². The van der Waals surface area contributed by atoms with Crippen LogP contribution in [0.4, 0.5) is 5.69 Å². The first kappa shape index (κ1) is 17.3. The van der Waals surface area contributed by atoms with E-state index in [0.29, 0.717) is 10.8 Å². The maximum atomic E-state index is 12.2. The Hall–Kier alpha value is -2.48. The van der Waals surface area contributed by atoms with Crippen molar-refractivity contribution in [3.63, 3.8) is 0 Å². The summed E-state index contributed by atoms with van der Waals surface area (Å²) in [5.74, 6) is 0.122. The number of rotatable bonds is 5. The number of hydrogen-bond acceptors (Lipinski definition) is 6. The SMILES string of the molecule is Cc1cc(C)nc(SCC(=O)Nc2cnc3c(cnn3C(C)C)c2)n1. The van der Waals surface area contributed by atoms with Crippen LogP contribution in [0.25, 0.3) is 11.0 Å². The maximum Gasteiger partial charge on any atom is 0.234 e. The number of nitrogens with one attached hydrogen (secondary N) is 1. The highest BCUT2D eigenvalue weighted by Crippen LogP contribution is 2.20. The van der Waals surface area contributed by atoms with Crippen molar-refractivity contribution < 1.29 is 4.79 Å². The Kier molecular flexibility index (Phi) is 4.98. The molecule has 0 saturated carbocycles. The number of aryl methyl sites for hydroxylation is 2. The van der Waals surface area contributed by atoms with Gasteiger partial charge in [-0.05, 0) is 39.8 Å². The number of carbonyl (C=O) groups excluding carboxylic acids is 1. The first-order valence-electron chi connectivity index (χ1n) is 8.00. The minimum atomic E-state index is -0.120. The average molecular weight is 356 g/mol. The van der Waals surface area contributed by atoms with E-state index in [-0.39, 0.29) is 17.7 Å². The molecule has 25 heavy (non-hydrogen) atoms. The molecular weight excluding hydrogens is 336 g/mol. The van der Waals surface area contributed by atoms with Crippen molar-refractivity contribution in [2.24, 2.45) is 0 Å². The molecule has 3 rings (SSSR count). The van der Waals surface area contributed by atoms with Crippen LogP contribution < -0.4 is 5.32 Å². The molecule has 0 unspecified atom stereocenters. The van der Waals surface area contributed by atoms with Crippen LogP contribution in [0.2, 0.25) is 0 Å². The number of fused-ring (bicyclic) bond motifs is 1. The van der Waals surface area contributed by atoms with Crippen LogP contribution in [0.1, 0.15) is 31.3 Å². The topological polar surface area (TPSA) is 85.6 Å². The highest BCUT2D eigenvalue weighted by Gasteiger charge is 2.10. The van der Waals surface area contributed by atoms with E-state index in [1.165, 1.54) is 11.8 Å². The lowest BCUT2D eigenvalue weighted by Crippen LogP contribution is -2.14. The first-order chi connectivity index (χ1) is 11.9. The first-order valence-corrected chi connectivity index (χ1v) is 8.99. The fourth-order valence-corrected chi connectivity index (χ4v) is 3.22. The third kappa shape index (κ3) is 4.14. The molecule has 0 saturated heterocycles. The fraction of sp³-hybridized carbons (Fsp3) is 0.353. The quantitative estimate of drug-likeness (QED) is 0.558. The smallest absolute Gasteiger partial charge is 0.234 e. The Morgan fingerprint density at radius 1 is 1.20 bits per heavy atom. The molecule has 7 nitrogen and oxygen atoms in total. The third-order valence-electron chi connectivity index (χ3n) is 3.50. The second kappa shape index (κ2) is 7.18. The van der Waals surface area contributed by atoms with Gasteiger partial charge >= 0.3 is 0 Å². The molecule has 0 spiro atoms. The second-order valence-electron chi connectivity index (χ2n) is 6.09. The molecule has 3 heterocycles. The standard InChI is InChI=1S/C17H20N6OS/c1-10(2)23-16-13(7-19-23)6-14(8-18-16)22-15(24)9-25-17-20-11(3)5-12(4)21-17/h5-8,10H,9H2,1-4H3,(H,22,24). The van der Waals surface area contributed by atoms with Crippen LogP contribution in [0, 0.1) is 13.8 Å². The van der Waals surface area contributed by atoms with Gasteiger partial charge in [-0.25, -0.2) is 19.6 Å².